The van der Waals surface area contributed by atoms with Gasteiger partial charge in [0.15, 0.2) is 11.6 Å². The SMILES string of the molecule is CCNc1ncc(F)c(Oc2cc(Br)ccc2F)n1. The van der Waals surface area contributed by atoms with E-state index in [-0.39, 0.29) is 17.6 Å². The molecule has 1 aromatic carbocycles. The summed E-state index contributed by atoms with van der Waals surface area (Å²) in [5.41, 5.74) is 0. The number of ether oxygens (including phenoxy) is 1. The van der Waals surface area contributed by atoms with Crippen LogP contribution >= 0.6 is 15.9 Å². The summed E-state index contributed by atoms with van der Waals surface area (Å²) in [5, 5.41) is 2.82. The third kappa shape index (κ3) is 3.37. The monoisotopic (exact) mass is 329 g/mol. The van der Waals surface area contributed by atoms with Crippen LogP contribution in [0.15, 0.2) is 28.9 Å². The van der Waals surface area contributed by atoms with E-state index in [4.69, 9.17) is 4.74 Å². The van der Waals surface area contributed by atoms with E-state index in [0.717, 1.165) is 6.20 Å². The molecule has 0 atom stereocenters. The van der Waals surface area contributed by atoms with E-state index < -0.39 is 11.6 Å². The summed E-state index contributed by atoms with van der Waals surface area (Å²) in [5.74, 6) is -1.60. The molecule has 0 unspecified atom stereocenters. The molecule has 0 spiro atoms. The lowest BCUT2D eigenvalue weighted by Gasteiger charge is -2.08. The molecule has 1 N–H and O–H groups in total. The van der Waals surface area contributed by atoms with Crippen LogP contribution in [0, 0.1) is 11.6 Å². The summed E-state index contributed by atoms with van der Waals surface area (Å²) in [6.45, 7) is 2.43. The van der Waals surface area contributed by atoms with Gasteiger partial charge in [-0.05, 0) is 25.1 Å². The molecule has 4 nitrogen and oxygen atoms in total. The third-order valence-electron chi connectivity index (χ3n) is 2.15. The van der Waals surface area contributed by atoms with E-state index in [1.54, 1.807) is 0 Å². The Labute approximate surface area is 117 Å². The Kier molecular flexibility index (Phi) is 4.26. The molecule has 0 saturated heterocycles. The number of halogens is 3. The summed E-state index contributed by atoms with van der Waals surface area (Å²) in [4.78, 5) is 7.56. The van der Waals surface area contributed by atoms with Crippen LogP contribution in [-0.2, 0) is 0 Å². The van der Waals surface area contributed by atoms with Gasteiger partial charge in [0.1, 0.15) is 0 Å². The fraction of sp³-hybridized carbons (Fsp3) is 0.167. The minimum atomic E-state index is -0.763. The molecule has 0 saturated carbocycles. The fourth-order valence-corrected chi connectivity index (χ4v) is 1.67. The molecular formula is C12H10BrF2N3O. The number of rotatable bonds is 4. The number of aromatic nitrogens is 2. The van der Waals surface area contributed by atoms with Gasteiger partial charge in [-0.2, -0.15) is 9.37 Å². The summed E-state index contributed by atoms with van der Waals surface area (Å²) in [6, 6.07) is 4.12. The zero-order valence-electron chi connectivity index (χ0n) is 9.95. The predicted octanol–water partition coefficient (Wildman–Crippen LogP) is 3.74. The standard InChI is InChI=1S/C12H10BrF2N3O/c1-2-16-12-17-6-9(15)11(18-12)19-10-5-7(13)3-4-8(10)14/h3-6H,2H2,1H3,(H,16,17,18). The first-order chi connectivity index (χ1) is 9.10. The van der Waals surface area contributed by atoms with Crippen LogP contribution in [0.1, 0.15) is 6.92 Å². The van der Waals surface area contributed by atoms with Gasteiger partial charge in [0.05, 0.1) is 6.20 Å². The Balaban J connectivity index is 2.31. The second-order valence-corrected chi connectivity index (χ2v) is 4.47. The van der Waals surface area contributed by atoms with Crippen molar-refractivity contribution in [1.82, 2.24) is 9.97 Å². The van der Waals surface area contributed by atoms with Crippen LogP contribution < -0.4 is 10.1 Å². The minimum Gasteiger partial charge on any atom is -0.433 e. The Morgan fingerprint density at radius 1 is 1.32 bits per heavy atom. The van der Waals surface area contributed by atoms with Crippen molar-refractivity contribution in [2.24, 2.45) is 0 Å². The summed E-state index contributed by atoms with van der Waals surface area (Å²) in [6.07, 6.45) is 0.968. The summed E-state index contributed by atoms with van der Waals surface area (Å²) < 4.78 is 32.8. The molecule has 0 aliphatic heterocycles. The van der Waals surface area contributed by atoms with E-state index >= 15 is 0 Å². The van der Waals surface area contributed by atoms with Crippen LogP contribution in [0.3, 0.4) is 0 Å². The van der Waals surface area contributed by atoms with Gasteiger partial charge in [-0.1, -0.05) is 15.9 Å². The first-order valence-corrected chi connectivity index (χ1v) is 6.28. The van der Waals surface area contributed by atoms with E-state index in [0.29, 0.717) is 11.0 Å². The molecule has 0 radical (unpaired) electrons. The van der Waals surface area contributed by atoms with Crippen LogP contribution in [0.2, 0.25) is 0 Å². The lowest BCUT2D eigenvalue weighted by Crippen LogP contribution is -2.04. The Bertz CT molecular complexity index is 595. The average molecular weight is 330 g/mol. The highest BCUT2D eigenvalue weighted by Crippen LogP contribution is 2.28. The average Bonchev–Trinajstić information content (AvgIpc) is 2.38. The molecule has 1 aromatic heterocycles. The van der Waals surface area contributed by atoms with Crippen LogP contribution in [-0.4, -0.2) is 16.5 Å². The van der Waals surface area contributed by atoms with E-state index in [9.17, 15) is 8.78 Å². The maximum atomic E-state index is 13.5. The van der Waals surface area contributed by atoms with Crippen LogP contribution in [0.5, 0.6) is 11.6 Å². The minimum absolute atomic E-state index is 0.116. The topological polar surface area (TPSA) is 47.0 Å². The van der Waals surface area contributed by atoms with Gasteiger partial charge in [0.25, 0.3) is 5.88 Å². The van der Waals surface area contributed by atoms with Crippen molar-refractivity contribution in [3.05, 3.63) is 40.5 Å². The molecule has 2 aromatic rings. The molecular weight excluding hydrogens is 320 g/mol. The molecule has 0 amide bonds. The Hall–Kier alpha value is -1.76. The second kappa shape index (κ2) is 5.92. The summed E-state index contributed by atoms with van der Waals surface area (Å²) in [7, 11) is 0. The Morgan fingerprint density at radius 3 is 2.84 bits per heavy atom. The van der Waals surface area contributed by atoms with Crippen molar-refractivity contribution in [3.63, 3.8) is 0 Å². The number of hydrogen-bond donors (Lipinski definition) is 1. The van der Waals surface area contributed by atoms with Crippen molar-refractivity contribution in [1.29, 1.82) is 0 Å². The van der Waals surface area contributed by atoms with Crippen molar-refractivity contribution < 1.29 is 13.5 Å². The number of anilines is 1. The first-order valence-electron chi connectivity index (χ1n) is 5.49. The fourth-order valence-electron chi connectivity index (χ4n) is 1.33. The lowest BCUT2D eigenvalue weighted by molar-refractivity contribution is 0.396. The molecule has 0 aliphatic carbocycles. The van der Waals surface area contributed by atoms with Crippen LogP contribution in [0.4, 0.5) is 14.7 Å². The maximum absolute atomic E-state index is 13.5. The number of hydrogen-bond acceptors (Lipinski definition) is 4. The molecule has 0 bridgehead atoms. The largest absolute Gasteiger partial charge is 0.433 e. The van der Waals surface area contributed by atoms with Gasteiger partial charge < -0.3 is 10.1 Å². The van der Waals surface area contributed by atoms with E-state index in [1.807, 2.05) is 6.92 Å². The highest BCUT2D eigenvalue weighted by atomic mass is 79.9. The smallest absolute Gasteiger partial charge is 0.260 e. The summed E-state index contributed by atoms with van der Waals surface area (Å²) >= 11 is 3.18. The number of benzene rings is 1. The molecule has 2 rings (SSSR count). The van der Waals surface area contributed by atoms with Crippen molar-refractivity contribution in [3.8, 4) is 11.6 Å². The van der Waals surface area contributed by atoms with Gasteiger partial charge in [0, 0.05) is 11.0 Å². The lowest BCUT2D eigenvalue weighted by atomic mass is 10.3. The van der Waals surface area contributed by atoms with Gasteiger partial charge in [0.2, 0.25) is 11.8 Å². The van der Waals surface area contributed by atoms with E-state index in [1.165, 1.54) is 18.2 Å². The molecule has 0 aliphatic rings. The molecule has 19 heavy (non-hydrogen) atoms. The highest BCUT2D eigenvalue weighted by molar-refractivity contribution is 9.10. The highest BCUT2D eigenvalue weighted by Gasteiger charge is 2.12. The second-order valence-electron chi connectivity index (χ2n) is 3.55. The molecule has 1 heterocycles. The third-order valence-corrected chi connectivity index (χ3v) is 2.64. The van der Waals surface area contributed by atoms with Crippen molar-refractivity contribution >= 4 is 21.9 Å². The Morgan fingerprint density at radius 2 is 2.11 bits per heavy atom. The van der Waals surface area contributed by atoms with Gasteiger partial charge in [-0.3, -0.25) is 0 Å². The number of nitrogens with zero attached hydrogens (tertiary/aromatic N) is 2. The van der Waals surface area contributed by atoms with Gasteiger partial charge >= 0.3 is 0 Å². The first kappa shape index (κ1) is 13.7. The quantitative estimate of drug-likeness (QED) is 0.928. The van der Waals surface area contributed by atoms with Gasteiger partial charge in [-0.15, -0.1) is 0 Å². The maximum Gasteiger partial charge on any atom is 0.260 e. The molecule has 7 heteroatoms. The van der Waals surface area contributed by atoms with Crippen molar-refractivity contribution in [2.45, 2.75) is 6.92 Å². The van der Waals surface area contributed by atoms with Gasteiger partial charge in [-0.25, -0.2) is 9.37 Å². The zero-order valence-corrected chi connectivity index (χ0v) is 11.5. The van der Waals surface area contributed by atoms with Crippen molar-refractivity contribution in [2.75, 3.05) is 11.9 Å². The molecule has 100 valence electrons. The van der Waals surface area contributed by atoms with E-state index in [2.05, 4.69) is 31.2 Å². The zero-order chi connectivity index (χ0) is 13.8. The number of nitrogens with one attached hydrogen (secondary N) is 1. The van der Waals surface area contributed by atoms with Crippen LogP contribution in [0.25, 0.3) is 0 Å². The predicted molar refractivity (Wildman–Crippen MR) is 70.3 cm³/mol. The molecule has 0 fully saturated rings. The normalized spacial score (nSPS) is 10.3.